The van der Waals surface area contributed by atoms with E-state index >= 15 is 0 Å². The third-order valence-corrected chi connectivity index (χ3v) is 2.67. The van der Waals surface area contributed by atoms with E-state index in [2.05, 4.69) is 27.6 Å². The van der Waals surface area contributed by atoms with E-state index in [1.54, 1.807) is 18.3 Å². The highest BCUT2D eigenvalue weighted by Gasteiger charge is 2.01. The lowest BCUT2D eigenvalue weighted by molar-refractivity contribution is 0.970. The first-order chi connectivity index (χ1) is 7.70. The van der Waals surface area contributed by atoms with E-state index in [-0.39, 0.29) is 5.56 Å². The fraction of sp³-hybridized carbons (Fsp3) is 0. The van der Waals surface area contributed by atoms with Gasteiger partial charge in [-0.2, -0.15) is 5.26 Å². The molecule has 0 bridgehead atoms. The summed E-state index contributed by atoms with van der Waals surface area (Å²) in [4.78, 5) is 15.7. The predicted molar refractivity (Wildman–Crippen MR) is 67.3 cm³/mol. The molecule has 2 rings (SSSR count). The summed E-state index contributed by atoms with van der Waals surface area (Å²) in [6.07, 6.45) is 3.11. The molecule has 2 aromatic heterocycles. The Morgan fingerprint density at radius 2 is 2.12 bits per heavy atom. The zero-order valence-corrected chi connectivity index (χ0v) is 10.2. The molecule has 0 saturated carbocycles. The summed E-state index contributed by atoms with van der Waals surface area (Å²) in [6.45, 7) is 0. The average molecular weight is 323 g/mol. The van der Waals surface area contributed by atoms with E-state index in [4.69, 9.17) is 5.26 Å². The molecule has 0 aliphatic rings. The quantitative estimate of drug-likeness (QED) is 0.593. The van der Waals surface area contributed by atoms with Crippen molar-refractivity contribution >= 4 is 22.6 Å². The van der Waals surface area contributed by atoms with Crippen LogP contribution < -0.4 is 5.56 Å². The minimum atomic E-state index is -0.179. The van der Waals surface area contributed by atoms with Gasteiger partial charge in [0.1, 0.15) is 9.77 Å². The topological polar surface area (TPSA) is 58.7 Å². The van der Waals surface area contributed by atoms with Gasteiger partial charge >= 0.3 is 0 Å². The minimum absolute atomic E-state index is 0.179. The Morgan fingerprint density at radius 3 is 2.75 bits per heavy atom. The van der Waals surface area contributed by atoms with Crippen LogP contribution in [0.25, 0.3) is 5.69 Å². The Hall–Kier alpha value is -1.68. The van der Waals surface area contributed by atoms with E-state index < -0.39 is 0 Å². The molecule has 0 aliphatic heterocycles. The average Bonchev–Trinajstić information content (AvgIpc) is 2.31. The van der Waals surface area contributed by atoms with Crippen molar-refractivity contribution in [2.75, 3.05) is 0 Å². The Morgan fingerprint density at radius 1 is 1.31 bits per heavy atom. The normalized spacial score (nSPS) is 9.75. The minimum Gasteiger partial charge on any atom is -0.281 e. The first-order valence-corrected chi connectivity index (χ1v) is 5.53. The molecule has 0 N–H and O–H groups in total. The number of hydrogen-bond acceptors (Lipinski definition) is 3. The van der Waals surface area contributed by atoms with Crippen molar-refractivity contribution < 1.29 is 0 Å². The van der Waals surface area contributed by atoms with Gasteiger partial charge in [0, 0.05) is 12.3 Å². The van der Waals surface area contributed by atoms with Crippen molar-refractivity contribution in [2.24, 2.45) is 0 Å². The molecule has 0 unspecified atom stereocenters. The van der Waals surface area contributed by atoms with Crippen molar-refractivity contribution in [1.29, 1.82) is 5.26 Å². The molecule has 0 amide bonds. The molecule has 2 heterocycles. The van der Waals surface area contributed by atoms with Crippen LogP contribution in [0, 0.1) is 15.0 Å². The molecular weight excluding hydrogens is 317 g/mol. The number of halogens is 1. The van der Waals surface area contributed by atoms with Crippen molar-refractivity contribution in [3.05, 3.63) is 56.3 Å². The molecule has 0 spiro atoms. The van der Waals surface area contributed by atoms with Crippen LogP contribution in [0.2, 0.25) is 0 Å². The van der Waals surface area contributed by atoms with Crippen LogP contribution in [-0.2, 0) is 0 Å². The predicted octanol–water partition coefficient (Wildman–Crippen LogP) is 1.71. The second-order valence-electron chi connectivity index (χ2n) is 3.08. The molecular formula is C11H6IN3O. The highest BCUT2D eigenvalue weighted by Crippen LogP contribution is 2.07. The largest absolute Gasteiger partial charge is 0.281 e. The Labute approximate surface area is 105 Å². The van der Waals surface area contributed by atoms with Crippen LogP contribution in [0.5, 0.6) is 0 Å². The first-order valence-electron chi connectivity index (χ1n) is 4.45. The first kappa shape index (κ1) is 10.8. The standard InChI is InChI=1S/C11H6IN3O/c12-10-3-2-9(6-14-10)15-7-8(5-13)1-4-11(15)16/h1-4,6-7H. The summed E-state index contributed by atoms with van der Waals surface area (Å²) in [7, 11) is 0. The third-order valence-electron chi connectivity index (χ3n) is 2.03. The summed E-state index contributed by atoms with van der Waals surface area (Å²) in [6, 6.07) is 8.46. The maximum Gasteiger partial charge on any atom is 0.255 e. The van der Waals surface area contributed by atoms with Crippen molar-refractivity contribution in [3.8, 4) is 11.8 Å². The van der Waals surface area contributed by atoms with Gasteiger partial charge in [0.15, 0.2) is 0 Å². The van der Waals surface area contributed by atoms with E-state index in [9.17, 15) is 4.79 Å². The van der Waals surface area contributed by atoms with Gasteiger partial charge in [-0.3, -0.25) is 9.36 Å². The summed E-state index contributed by atoms with van der Waals surface area (Å²) in [5, 5.41) is 8.76. The monoisotopic (exact) mass is 323 g/mol. The van der Waals surface area contributed by atoms with Crippen LogP contribution in [0.3, 0.4) is 0 Å². The molecule has 4 nitrogen and oxygen atoms in total. The van der Waals surface area contributed by atoms with Crippen molar-refractivity contribution in [3.63, 3.8) is 0 Å². The lowest BCUT2D eigenvalue weighted by atomic mass is 10.3. The molecule has 0 aromatic carbocycles. The second kappa shape index (κ2) is 4.45. The van der Waals surface area contributed by atoms with Gasteiger partial charge in [-0.15, -0.1) is 0 Å². The van der Waals surface area contributed by atoms with E-state index in [1.165, 1.54) is 22.9 Å². The number of rotatable bonds is 1. The molecule has 0 fully saturated rings. The summed E-state index contributed by atoms with van der Waals surface area (Å²) in [5.74, 6) is 0. The zero-order valence-electron chi connectivity index (χ0n) is 8.09. The number of nitriles is 1. The summed E-state index contributed by atoms with van der Waals surface area (Å²) < 4.78 is 2.26. The van der Waals surface area contributed by atoms with E-state index in [1.807, 2.05) is 6.07 Å². The van der Waals surface area contributed by atoms with E-state index in [0.29, 0.717) is 11.3 Å². The summed E-state index contributed by atoms with van der Waals surface area (Å²) >= 11 is 2.09. The van der Waals surface area contributed by atoms with E-state index in [0.717, 1.165) is 3.70 Å². The highest BCUT2D eigenvalue weighted by molar-refractivity contribution is 14.1. The van der Waals surface area contributed by atoms with Gasteiger partial charge in [-0.05, 0) is 40.8 Å². The molecule has 0 radical (unpaired) electrons. The van der Waals surface area contributed by atoms with Gasteiger partial charge in [0.25, 0.3) is 5.56 Å². The fourth-order valence-corrected chi connectivity index (χ4v) is 1.58. The molecule has 0 atom stereocenters. The van der Waals surface area contributed by atoms with Crippen LogP contribution in [0.4, 0.5) is 0 Å². The van der Waals surface area contributed by atoms with Gasteiger partial charge in [0.2, 0.25) is 0 Å². The SMILES string of the molecule is N#Cc1ccc(=O)n(-c2ccc(I)nc2)c1. The smallest absolute Gasteiger partial charge is 0.255 e. The Kier molecular flexibility index (Phi) is 3.01. The lowest BCUT2D eigenvalue weighted by Crippen LogP contribution is -2.16. The second-order valence-corrected chi connectivity index (χ2v) is 4.18. The van der Waals surface area contributed by atoms with Crippen molar-refractivity contribution in [2.45, 2.75) is 0 Å². The van der Waals surface area contributed by atoms with Crippen LogP contribution >= 0.6 is 22.6 Å². The third kappa shape index (κ3) is 2.12. The van der Waals surface area contributed by atoms with Crippen LogP contribution in [-0.4, -0.2) is 9.55 Å². The number of pyridine rings is 2. The van der Waals surface area contributed by atoms with Gasteiger partial charge < -0.3 is 0 Å². The molecule has 16 heavy (non-hydrogen) atoms. The molecule has 0 aliphatic carbocycles. The molecule has 5 heteroatoms. The highest BCUT2D eigenvalue weighted by atomic mass is 127. The Bertz CT molecular complexity index is 610. The zero-order chi connectivity index (χ0) is 11.5. The fourth-order valence-electron chi connectivity index (χ4n) is 1.27. The van der Waals surface area contributed by atoms with Gasteiger partial charge in [-0.1, -0.05) is 0 Å². The number of nitrogens with zero attached hydrogens (tertiary/aromatic N) is 3. The molecule has 2 aromatic rings. The Balaban J connectivity index is 2.60. The molecule has 0 saturated heterocycles. The van der Waals surface area contributed by atoms with Gasteiger partial charge in [0.05, 0.1) is 17.4 Å². The van der Waals surface area contributed by atoms with Crippen molar-refractivity contribution in [1.82, 2.24) is 9.55 Å². The lowest BCUT2D eigenvalue weighted by Gasteiger charge is -2.04. The van der Waals surface area contributed by atoms with Crippen LogP contribution in [0.15, 0.2) is 41.5 Å². The van der Waals surface area contributed by atoms with Gasteiger partial charge in [-0.25, -0.2) is 4.98 Å². The maximum absolute atomic E-state index is 11.6. The maximum atomic E-state index is 11.6. The summed E-state index contributed by atoms with van der Waals surface area (Å²) in [5.41, 5.74) is 0.919. The van der Waals surface area contributed by atoms with Crippen LogP contribution in [0.1, 0.15) is 5.56 Å². The molecule has 78 valence electrons. The number of hydrogen-bond donors (Lipinski definition) is 0. The number of aromatic nitrogens is 2.